The lowest BCUT2D eigenvalue weighted by Crippen LogP contribution is -2.23. The number of hydrogen-bond acceptors (Lipinski definition) is 4. The van der Waals surface area contributed by atoms with Crippen molar-refractivity contribution >= 4 is 34.4 Å². The van der Waals surface area contributed by atoms with Gasteiger partial charge in [0.1, 0.15) is 5.75 Å². The molecule has 6 nitrogen and oxygen atoms in total. The van der Waals surface area contributed by atoms with Gasteiger partial charge in [-0.1, -0.05) is 36.0 Å². The number of methoxy groups -OCH3 is 1. The lowest BCUT2D eigenvalue weighted by molar-refractivity contribution is 0.102. The molecule has 0 saturated heterocycles. The van der Waals surface area contributed by atoms with E-state index in [1.54, 1.807) is 52.3 Å². The van der Waals surface area contributed by atoms with Crippen LogP contribution >= 0.6 is 11.8 Å². The van der Waals surface area contributed by atoms with Crippen molar-refractivity contribution in [2.45, 2.75) is 36.7 Å². The highest BCUT2D eigenvalue weighted by molar-refractivity contribution is 7.99. The number of hydrogen-bond donors (Lipinski definition) is 1. The van der Waals surface area contributed by atoms with Gasteiger partial charge in [0.15, 0.2) is 0 Å². The number of nitrogens with zero attached hydrogens (tertiary/aromatic N) is 2. The minimum Gasteiger partial charge on any atom is -0.497 e. The van der Waals surface area contributed by atoms with Crippen LogP contribution in [0.3, 0.4) is 0 Å². The number of amides is 1. The zero-order chi connectivity index (χ0) is 22.7. The molecule has 3 aromatic carbocycles. The number of fused-ring (bicyclic) bond motifs is 1. The van der Waals surface area contributed by atoms with E-state index in [-0.39, 0.29) is 11.6 Å². The van der Waals surface area contributed by atoms with Gasteiger partial charge in [-0.2, -0.15) is 0 Å². The van der Waals surface area contributed by atoms with Crippen molar-refractivity contribution in [2.75, 3.05) is 12.4 Å². The van der Waals surface area contributed by atoms with Crippen LogP contribution in [-0.4, -0.2) is 22.2 Å². The van der Waals surface area contributed by atoms with E-state index in [1.165, 1.54) is 0 Å². The summed E-state index contributed by atoms with van der Waals surface area (Å²) in [4.78, 5) is 27.8. The van der Waals surface area contributed by atoms with E-state index in [0.717, 1.165) is 20.8 Å². The van der Waals surface area contributed by atoms with Gasteiger partial charge in [-0.15, -0.1) is 0 Å². The van der Waals surface area contributed by atoms with Gasteiger partial charge < -0.3 is 10.1 Å². The first-order chi connectivity index (χ1) is 15.5. The summed E-state index contributed by atoms with van der Waals surface area (Å²) in [7, 11) is 1.57. The second-order valence-corrected chi connectivity index (χ2v) is 8.32. The van der Waals surface area contributed by atoms with Gasteiger partial charge in [0, 0.05) is 28.4 Å². The summed E-state index contributed by atoms with van der Waals surface area (Å²) in [6, 6.07) is 20.9. The molecule has 0 saturated carbocycles. The van der Waals surface area contributed by atoms with Gasteiger partial charge in [0.05, 0.1) is 23.8 Å². The second kappa shape index (κ2) is 9.36. The molecule has 0 spiro atoms. The van der Waals surface area contributed by atoms with E-state index in [9.17, 15) is 9.59 Å². The number of anilines is 1. The van der Waals surface area contributed by atoms with Crippen LogP contribution in [0.15, 0.2) is 81.3 Å². The average molecular weight is 448 g/mol. The van der Waals surface area contributed by atoms with Crippen LogP contribution < -0.4 is 15.7 Å². The Kier molecular flexibility index (Phi) is 6.37. The van der Waals surface area contributed by atoms with Crippen LogP contribution in [0.1, 0.15) is 24.2 Å². The predicted octanol–water partition coefficient (Wildman–Crippen LogP) is 5.25. The van der Waals surface area contributed by atoms with Crippen molar-refractivity contribution in [1.82, 2.24) is 9.13 Å². The molecule has 1 aromatic heterocycles. The van der Waals surface area contributed by atoms with E-state index in [2.05, 4.69) is 5.32 Å². The van der Waals surface area contributed by atoms with Crippen molar-refractivity contribution in [2.24, 2.45) is 0 Å². The zero-order valence-corrected chi connectivity index (χ0v) is 19.1. The van der Waals surface area contributed by atoms with E-state index >= 15 is 0 Å². The van der Waals surface area contributed by atoms with Gasteiger partial charge in [-0.25, -0.2) is 4.79 Å². The zero-order valence-electron chi connectivity index (χ0n) is 18.3. The monoisotopic (exact) mass is 447 g/mol. The number of aromatic nitrogens is 2. The Bertz CT molecular complexity index is 1330. The van der Waals surface area contributed by atoms with Crippen LogP contribution in [-0.2, 0) is 13.1 Å². The minimum atomic E-state index is -0.238. The second-order valence-electron chi connectivity index (χ2n) is 7.21. The maximum Gasteiger partial charge on any atom is 0.329 e. The first kappa shape index (κ1) is 21.8. The molecule has 1 amide bonds. The van der Waals surface area contributed by atoms with Crippen molar-refractivity contribution in [1.29, 1.82) is 0 Å². The van der Waals surface area contributed by atoms with E-state index in [0.29, 0.717) is 30.1 Å². The molecule has 0 aliphatic heterocycles. The summed E-state index contributed by atoms with van der Waals surface area (Å²) in [5.74, 6) is 0.380. The van der Waals surface area contributed by atoms with E-state index in [1.807, 2.05) is 56.3 Å². The molecule has 1 N–H and O–H groups in total. The molecule has 4 rings (SSSR count). The lowest BCUT2D eigenvalue weighted by Gasteiger charge is -2.13. The van der Waals surface area contributed by atoms with Crippen LogP contribution in [0.4, 0.5) is 5.69 Å². The summed E-state index contributed by atoms with van der Waals surface area (Å²) >= 11 is 1.55. The Labute approximate surface area is 190 Å². The van der Waals surface area contributed by atoms with Gasteiger partial charge in [-0.3, -0.25) is 13.9 Å². The third kappa shape index (κ3) is 4.16. The highest BCUT2D eigenvalue weighted by Crippen LogP contribution is 2.36. The average Bonchev–Trinajstić information content (AvgIpc) is 3.09. The third-order valence-corrected chi connectivity index (χ3v) is 6.37. The molecule has 0 fully saturated rings. The molecule has 0 aliphatic carbocycles. The van der Waals surface area contributed by atoms with Crippen molar-refractivity contribution < 1.29 is 9.53 Å². The molecule has 0 aliphatic rings. The first-order valence-electron chi connectivity index (χ1n) is 10.5. The number of carbonyl (C=O) groups is 1. The summed E-state index contributed by atoms with van der Waals surface area (Å²) in [6.07, 6.45) is 0. The fourth-order valence-electron chi connectivity index (χ4n) is 3.71. The molecule has 164 valence electrons. The van der Waals surface area contributed by atoms with Crippen LogP contribution in [0, 0.1) is 0 Å². The fourth-order valence-corrected chi connectivity index (χ4v) is 4.65. The molecule has 32 heavy (non-hydrogen) atoms. The first-order valence-corrected chi connectivity index (χ1v) is 11.3. The Morgan fingerprint density at radius 1 is 0.938 bits per heavy atom. The molecular weight excluding hydrogens is 422 g/mol. The Hall–Kier alpha value is -3.45. The molecule has 7 heteroatoms. The third-order valence-electron chi connectivity index (χ3n) is 5.30. The number of ether oxygens (including phenoxy) is 1. The van der Waals surface area contributed by atoms with Gasteiger partial charge in [0.25, 0.3) is 5.91 Å². The quantitative estimate of drug-likeness (QED) is 0.420. The highest BCUT2D eigenvalue weighted by atomic mass is 32.2. The van der Waals surface area contributed by atoms with Gasteiger partial charge >= 0.3 is 5.69 Å². The Balaban J connectivity index is 1.83. The highest BCUT2D eigenvalue weighted by Gasteiger charge is 2.18. The fraction of sp³-hybridized carbons (Fsp3) is 0.200. The summed E-state index contributed by atoms with van der Waals surface area (Å²) in [6.45, 7) is 5.04. The van der Waals surface area contributed by atoms with Crippen molar-refractivity contribution in [3.63, 3.8) is 0 Å². The summed E-state index contributed by atoms with van der Waals surface area (Å²) in [5, 5.41) is 3.05. The number of carbonyl (C=O) groups excluding carboxylic acids is 1. The molecule has 4 aromatic rings. The topological polar surface area (TPSA) is 65.3 Å². The Morgan fingerprint density at radius 3 is 2.28 bits per heavy atom. The largest absolute Gasteiger partial charge is 0.497 e. The number of imidazole rings is 1. The van der Waals surface area contributed by atoms with Gasteiger partial charge in [0.2, 0.25) is 0 Å². The summed E-state index contributed by atoms with van der Waals surface area (Å²) < 4.78 is 8.75. The number of nitrogens with one attached hydrogen (secondary N) is 1. The maximum atomic E-state index is 13.1. The van der Waals surface area contributed by atoms with E-state index in [4.69, 9.17) is 4.74 Å². The molecule has 0 unspecified atom stereocenters. The molecule has 1 heterocycles. The number of benzene rings is 3. The van der Waals surface area contributed by atoms with Crippen molar-refractivity contribution in [3.8, 4) is 5.75 Å². The molecule has 0 radical (unpaired) electrons. The summed E-state index contributed by atoms with van der Waals surface area (Å²) in [5.41, 5.74) is 2.78. The SMILES string of the molecule is CCn1c(=O)n(CC)c2cc(Sc3ccccc3)c(NC(=O)c3cccc(OC)c3)cc21. The maximum absolute atomic E-state index is 13.1. The van der Waals surface area contributed by atoms with Gasteiger partial charge in [-0.05, 0) is 56.3 Å². The normalized spacial score (nSPS) is 11.0. The standard InChI is InChI=1S/C25H25N3O3S/c1-4-27-21-15-20(26-24(29)17-10-9-11-18(14-17)31-3)23(32-19-12-7-6-8-13-19)16-22(21)28(5-2)25(27)30/h6-16H,4-5H2,1-3H3,(H,26,29). The van der Waals surface area contributed by atoms with E-state index < -0.39 is 0 Å². The van der Waals surface area contributed by atoms with Crippen LogP contribution in [0.2, 0.25) is 0 Å². The molecular formula is C25H25N3O3S. The minimum absolute atomic E-state index is 0.0445. The van der Waals surface area contributed by atoms with Crippen molar-refractivity contribution in [3.05, 3.63) is 82.8 Å². The lowest BCUT2D eigenvalue weighted by atomic mass is 10.2. The smallest absolute Gasteiger partial charge is 0.329 e. The molecule has 0 atom stereocenters. The number of aryl methyl sites for hydroxylation is 2. The molecule has 0 bridgehead atoms. The Morgan fingerprint density at radius 2 is 1.62 bits per heavy atom. The predicted molar refractivity (Wildman–Crippen MR) is 129 cm³/mol. The van der Waals surface area contributed by atoms with Crippen LogP contribution in [0.25, 0.3) is 11.0 Å². The number of rotatable bonds is 7. The van der Waals surface area contributed by atoms with Crippen LogP contribution in [0.5, 0.6) is 5.75 Å².